The Bertz CT molecular complexity index is 443. The maximum Gasteiger partial charge on any atom is 0.313 e. The molecule has 1 rings (SSSR count). The summed E-state index contributed by atoms with van der Waals surface area (Å²) in [5.74, 6) is 0. The summed E-state index contributed by atoms with van der Waals surface area (Å²) in [5, 5.41) is 19.1. The Kier molecular flexibility index (Phi) is 6.64. The fourth-order valence-electron chi connectivity index (χ4n) is 2.40. The number of nitrogens with zero attached hydrogens (tertiary/aromatic N) is 3. The molecule has 1 N–H and O–H groups in total. The first-order valence-electron chi connectivity index (χ1n) is 7.47. The highest BCUT2D eigenvalue weighted by Gasteiger charge is 2.27. The lowest BCUT2D eigenvalue weighted by Crippen LogP contribution is -2.32. The van der Waals surface area contributed by atoms with Crippen LogP contribution in [0.2, 0.25) is 0 Å². The predicted octanol–water partition coefficient (Wildman–Crippen LogP) is 2.60. The molecule has 0 radical (unpaired) electrons. The van der Waals surface area contributed by atoms with Gasteiger partial charge in [-0.3, -0.25) is 14.8 Å². The van der Waals surface area contributed by atoms with E-state index in [-0.39, 0.29) is 16.7 Å². The second kappa shape index (κ2) is 7.99. The Hall–Kier alpha value is -1.43. The minimum Gasteiger partial charge on any atom is -0.314 e. The largest absolute Gasteiger partial charge is 0.314 e. The van der Waals surface area contributed by atoms with Gasteiger partial charge in [0.05, 0.1) is 4.92 Å². The number of rotatable bonds is 9. The van der Waals surface area contributed by atoms with E-state index in [0.717, 1.165) is 31.5 Å². The second-order valence-electron chi connectivity index (χ2n) is 5.14. The minimum atomic E-state index is -0.278. The van der Waals surface area contributed by atoms with Crippen molar-refractivity contribution in [2.24, 2.45) is 7.05 Å². The number of hydrogen-bond donors (Lipinski definition) is 1. The zero-order valence-electron chi connectivity index (χ0n) is 13.0. The van der Waals surface area contributed by atoms with Crippen LogP contribution in [0.15, 0.2) is 0 Å². The third-order valence-electron chi connectivity index (χ3n) is 3.49. The molecule has 6 nitrogen and oxygen atoms in total. The molecule has 0 amide bonds. The molecular formula is C14H26N4O2. The Balaban J connectivity index is 3.00. The zero-order valence-corrected chi connectivity index (χ0v) is 13.0. The van der Waals surface area contributed by atoms with Gasteiger partial charge in [-0.25, -0.2) is 0 Å². The first kappa shape index (κ1) is 16.6. The van der Waals surface area contributed by atoms with E-state index in [1.165, 1.54) is 0 Å². The molecule has 114 valence electrons. The van der Waals surface area contributed by atoms with Gasteiger partial charge in [0.2, 0.25) is 0 Å². The first-order valence-corrected chi connectivity index (χ1v) is 7.47. The van der Waals surface area contributed by atoms with Crippen LogP contribution in [0.5, 0.6) is 0 Å². The molecule has 0 fully saturated rings. The highest BCUT2D eigenvalue weighted by atomic mass is 16.6. The Morgan fingerprint density at radius 3 is 2.55 bits per heavy atom. The normalized spacial score (nSPS) is 12.6. The van der Waals surface area contributed by atoms with Gasteiger partial charge < -0.3 is 5.32 Å². The monoisotopic (exact) mass is 282 g/mol. The van der Waals surface area contributed by atoms with Gasteiger partial charge in [0.1, 0.15) is 11.4 Å². The van der Waals surface area contributed by atoms with E-state index in [1.807, 2.05) is 6.92 Å². The van der Waals surface area contributed by atoms with Gasteiger partial charge in [0.25, 0.3) is 0 Å². The van der Waals surface area contributed by atoms with Crippen LogP contribution in [0, 0.1) is 10.1 Å². The molecule has 1 unspecified atom stereocenters. The molecule has 1 atom stereocenters. The summed E-state index contributed by atoms with van der Waals surface area (Å²) in [4.78, 5) is 11.1. The molecule has 0 saturated heterocycles. The standard InChI is InChI=1S/C14H26N4O2/c1-5-8-12-14(18(19)20)13(17(4)16-12)10-11(7-3)15-9-6-2/h11,15H,5-10H2,1-4H3. The summed E-state index contributed by atoms with van der Waals surface area (Å²) in [6, 6.07) is 0.263. The van der Waals surface area contributed by atoms with Crippen LogP contribution in [0.3, 0.4) is 0 Å². The lowest BCUT2D eigenvalue weighted by molar-refractivity contribution is -0.386. The van der Waals surface area contributed by atoms with E-state index in [1.54, 1.807) is 11.7 Å². The lowest BCUT2D eigenvalue weighted by Gasteiger charge is -2.16. The van der Waals surface area contributed by atoms with Crippen LogP contribution in [0.1, 0.15) is 51.4 Å². The summed E-state index contributed by atoms with van der Waals surface area (Å²) in [6.45, 7) is 7.16. The molecule has 0 spiro atoms. The van der Waals surface area contributed by atoms with Crippen LogP contribution in [-0.4, -0.2) is 27.3 Å². The fourth-order valence-corrected chi connectivity index (χ4v) is 2.40. The quantitative estimate of drug-likeness (QED) is 0.558. The summed E-state index contributed by atoms with van der Waals surface area (Å²) < 4.78 is 1.68. The lowest BCUT2D eigenvalue weighted by atomic mass is 10.1. The van der Waals surface area contributed by atoms with Crippen molar-refractivity contribution in [2.45, 2.75) is 58.9 Å². The number of aryl methyl sites for hydroxylation is 2. The summed E-state index contributed by atoms with van der Waals surface area (Å²) in [5.41, 5.74) is 1.56. The average molecular weight is 282 g/mol. The van der Waals surface area contributed by atoms with Crippen LogP contribution in [0.4, 0.5) is 5.69 Å². The number of nitro groups is 1. The van der Waals surface area contributed by atoms with Crippen molar-refractivity contribution in [3.63, 3.8) is 0 Å². The van der Waals surface area contributed by atoms with Gasteiger partial charge in [-0.1, -0.05) is 27.2 Å². The molecule has 1 heterocycles. The molecule has 6 heteroatoms. The summed E-state index contributed by atoms with van der Waals surface area (Å²) in [7, 11) is 1.80. The van der Waals surface area contributed by atoms with Gasteiger partial charge in [0, 0.05) is 19.5 Å². The van der Waals surface area contributed by atoms with Crippen molar-refractivity contribution < 1.29 is 4.92 Å². The van der Waals surface area contributed by atoms with E-state index in [4.69, 9.17) is 0 Å². The molecule has 0 aliphatic rings. The van der Waals surface area contributed by atoms with E-state index in [9.17, 15) is 10.1 Å². The van der Waals surface area contributed by atoms with Crippen molar-refractivity contribution in [2.75, 3.05) is 6.54 Å². The highest BCUT2D eigenvalue weighted by Crippen LogP contribution is 2.25. The predicted molar refractivity (Wildman–Crippen MR) is 79.9 cm³/mol. The topological polar surface area (TPSA) is 73.0 Å². The molecule has 1 aromatic heterocycles. The average Bonchev–Trinajstić information content (AvgIpc) is 2.71. The minimum absolute atomic E-state index is 0.214. The van der Waals surface area contributed by atoms with Crippen LogP contribution >= 0.6 is 0 Å². The van der Waals surface area contributed by atoms with Crippen molar-refractivity contribution in [1.29, 1.82) is 0 Å². The first-order chi connectivity index (χ1) is 9.54. The van der Waals surface area contributed by atoms with Gasteiger partial charge in [0.15, 0.2) is 0 Å². The number of aromatic nitrogens is 2. The van der Waals surface area contributed by atoms with E-state index in [0.29, 0.717) is 18.5 Å². The molecule has 20 heavy (non-hydrogen) atoms. The maximum atomic E-state index is 11.3. The van der Waals surface area contributed by atoms with Crippen molar-refractivity contribution >= 4 is 5.69 Å². The fraction of sp³-hybridized carbons (Fsp3) is 0.786. The van der Waals surface area contributed by atoms with Crippen LogP contribution < -0.4 is 5.32 Å². The van der Waals surface area contributed by atoms with E-state index < -0.39 is 0 Å². The smallest absolute Gasteiger partial charge is 0.313 e. The summed E-state index contributed by atoms with van der Waals surface area (Å²) in [6.07, 6.45) is 4.18. The van der Waals surface area contributed by atoms with Crippen molar-refractivity contribution in [3.8, 4) is 0 Å². The molecule has 0 aliphatic heterocycles. The molecule has 0 saturated carbocycles. The Morgan fingerprint density at radius 1 is 1.35 bits per heavy atom. The molecule has 1 aromatic rings. The third kappa shape index (κ3) is 4.03. The number of nitrogens with one attached hydrogen (secondary N) is 1. The maximum absolute atomic E-state index is 11.3. The Morgan fingerprint density at radius 2 is 2.05 bits per heavy atom. The van der Waals surface area contributed by atoms with Gasteiger partial charge in [-0.05, 0) is 25.8 Å². The highest BCUT2D eigenvalue weighted by molar-refractivity contribution is 5.42. The van der Waals surface area contributed by atoms with Crippen LogP contribution in [0.25, 0.3) is 0 Å². The van der Waals surface area contributed by atoms with E-state index >= 15 is 0 Å². The van der Waals surface area contributed by atoms with Crippen molar-refractivity contribution in [1.82, 2.24) is 15.1 Å². The van der Waals surface area contributed by atoms with Gasteiger partial charge in [-0.2, -0.15) is 5.10 Å². The molecule has 0 bridgehead atoms. The van der Waals surface area contributed by atoms with Gasteiger partial charge >= 0.3 is 5.69 Å². The van der Waals surface area contributed by atoms with Crippen LogP contribution in [-0.2, 0) is 19.9 Å². The molecule has 0 aromatic carbocycles. The summed E-state index contributed by atoms with van der Waals surface area (Å²) >= 11 is 0. The molecule has 0 aliphatic carbocycles. The van der Waals surface area contributed by atoms with Crippen molar-refractivity contribution in [3.05, 3.63) is 21.5 Å². The second-order valence-corrected chi connectivity index (χ2v) is 5.14. The van der Waals surface area contributed by atoms with Gasteiger partial charge in [-0.15, -0.1) is 0 Å². The van der Waals surface area contributed by atoms with E-state index in [2.05, 4.69) is 24.3 Å². The zero-order chi connectivity index (χ0) is 15.1. The molecular weight excluding hydrogens is 256 g/mol. The Labute approximate surface area is 120 Å². The number of hydrogen-bond acceptors (Lipinski definition) is 4. The SMILES string of the molecule is CCCNC(CC)Cc1c([N+](=O)[O-])c(CCC)nn1C. The third-order valence-corrected chi connectivity index (χ3v) is 3.49.